The Labute approximate surface area is 125 Å². The van der Waals surface area contributed by atoms with Crippen LogP contribution in [-0.2, 0) is 9.59 Å². The number of terminal acetylenes is 1. The zero-order valence-electron chi connectivity index (χ0n) is 12.3. The predicted octanol–water partition coefficient (Wildman–Crippen LogP) is -0.251. The van der Waals surface area contributed by atoms with Gasteiger partial charge in [0, 0.05) is 19.1 Å². The Bertz CT molecular complexity index is 424. The Balaban J connectivity index is 1.77. The number of carboxylic acids is 1. The maximum Gasteiger partial charge on any atom is 0.320 e. The zero-order chi connectivity index (χ0) is 15.2. The first kappa shape index (κ1) is 15.8. The van der Waals surface area contributed by atoms with Crippen LogP contribution in [0.3, 0.4) is 0 Å². The molecule has 2 heterocycles. The number of carboxylic acid groups (broad SMARTS) is 1. The number of nitrogens with zero attached hydrogens (tertiary/aromatic N) is 2. The summed E-state index contributed by atoms with van der Waals surface area (Å²) in [5, 5.41) is 11.9. The highest BCUT2D eigenvalue weighted by atomic mass is 16.4. The molecule has 2 aliphatic rings. The van der Waals surface area contributed by atoms with Crippen molar-refractivity contribution >= 4 is 11.9 Å². The molecule has 21 heavy (non-hydrogen) atoms. The normalized spacial score (nSPS) is 24.6. The first-order chi connectivity index (χ1) is 10.1. The Kier molecular flexibility index (Phi) is 5.59. The number of rotatable bonds is 5. The van der Waals surface area contributed by atoms with E-state index in [1.54, 1.807) is 0 Å². The van der Waals surface area contributed by atoms with Crippen molar-refractivity contribution in [2.45, 2.75) is 37.8 Å². The molecule has 0 bridgehead atoms. The van der Waals surface area contributed by atoms with Crippen LogP contribution in [0.15, 0.2) is 0 Å². The number of aliphatic carboxylic acids is 1. The summed E-state index contributed by atoms with van der Waals surface area (Å²) in [6.07, 6.45) is 8.67. The summed E-state index contributed by atoms with van der Waals surface area (Å²) < 4.78 is 0. The third-order valence-electron chi connectivity index (χ3n) is 4.36. The summed E-state index contributed by atoms with van der Waals surface area (Å²) in [5.74, 6) is 1.63. The van der Waals surface area contributed by atoms with E-state index < -0.39 is 5.97 Å². The lowest BCUT2D eigenvalue weighted by Gasteiger charge is -2.38. The quantitative estimate of drug-likeness (QED) is 0.684. The van der Waals surface area contributed by atoms with Gasteiger partial charge in [-0.3, -0.25) is 19.4 Å². The SMILES string of the molecule is C#CCNC(=O)CN1CCC(N2CCCC2C(=O)O)CC1. The van der Waals surface area contributed by atoms with Gasteiger partial charge in [0.1, 0.15) is 6.04 Å². The first-order valence-electron chi connectivity index (χ1n) is 7.53. The second kappa shape index (κ2) is 7.43. The highest BCUT2D eigenvalue weighted by Crippen LogP contribution is 2.26. The molecule has 2 N–H and O–H groups in total. The average Bonchev–Trinajstić information content (AvgIpc) is 2.95. The molecule has 2 rings (SSSR count). The number of likely N-dealkylation sites (tertiary alicyclic amines) is 2. The highest BCUT2D eigenvalue weighted by Gasteiger charge is 2.36. The van der Waals surface area contributed by atoms with E-state index in [1.807, 2.05) is 0 Å². The number of hydrogen-bond donors (Lipinski definition) is 2. The van der Waals surface area contributed by atoms with Crippen LogP contribution < -0.4 is 5.32 Å². The standard InChI is InChI=1S/C15H23N3O3/c1-2-7-16-14(19)11-17-9-5-12(6-10-17)18-8-3-4-13(18)15(20)21/h1,12-13H,3-11H2,(H,16,19)(H,20,21). The van der Waals surface area contributed by atoms with E-state index in [9.17, 15) is 14.7 Å². The van der Waals surface area contributed by atoms with Gasteiger partial charge in [0.05, 0.1) is 13.1 Å². The molecule has 0 spiro atoms. The van der Waals surface area contributed by atoms with Crippen LogP contribution in [0.5, 0.6) is 0 Å². The van der Waals surface area contributed by atoms with Crippen LogP contribution in [0.2, 0.25) is 0 Å². The van der Waals surface area contributed by atoms with E-state index in [4.69, 9.17) is 6.42 Å². The predicted molar refractivity (Wildman–Crippen MR) is 78.7 cm³/mol. The monoisotopic (exact) mass is 293 g/mol. The van der Waals surface area contributed by atoms with Crippen LogP contribution in [0.25, 0.3) is 0 Å². The summed E-state index contributed by atoms with van der Waals surface area (Å²) in [4.78, 5) is 27.1. The van der Waals surface area contributed by atoms with Crippen molar-refractivity contribution in [3.63, 3.8) is 0 Å². The molecule has 0 aromatic heterocycles. The third kappa shape index (κ3) is 4.19. The van der Waals surface area contributed by atoms with Crippen molar-refractivity contribution in [2.24, 2.45) is 0 Å². The van der Waals surface area contributed by atoms with Crippen LogP contribution in [0, 0.1) is 12.3 Å². The van der Waals surface area contributed by atoms with Gasteiger partial charge in [-0.25, -0.2) is 0 Å². The van der Waals surface area contributed by atoms with Crippen LogP contribution in [-0.4, -0.2) is 71.6 Å². The van der Waals surface area contributed by atoms with E-state index in [0.717, 1.165) is 45.3 Å². The largest absolute Gasteiger partial charge is 0.480 e. The van der Waals surface area contributed by atoms with E-state index >= 15 is 0 Å². The van der Waals surface area contributed by atoms with Crippen molar-refractivity contribution in [1.29, 1.82) is 0 Å². The average molecular weight is 293 g/mol. The minimum atomic E-state index is -0.705. The highest BCUT2D eigenvalue weighted by molar-refractivity contribution is 5.78. The van der Waals surface area contributed by atoms with Crippen molar-refractivity contribution in [2.75, 3.05) is 32.7 Å². The molecule has 0 radical (unpaired) electrons. The minimum Gasteiger partial charge on any atom is -0.480 e. The molecule has 0 aromatic carbocycles. The van der Waals surface area contributed by atoms with Gasteiger partial charge < -0.3 is 10.4 Å². The topological polar surface area (TPSA) is 72.9 Å². The summed E-state index contributed by atoms with van der Waals surface area (Å²) in [6, 6.07) is 0.0131. The Morgan fingerprint density at radius 1 is 1.24 bits per heavy atom. The molecule has 2 fully saturated rings. The lowest BCUT2D eigenvalue weighted by Crippen LogP contribution is -2.50. The van der Waals surface area contributed by atoms with Gasteiger partial charge in [-0.15, -0.1) is 6.42 Å². The Morgan fingerprint density at radius 2 is 1.95 bits per heavy atom. The van der Waals surface area contributed by atoms with Crippen molar-refractivity contribution < 1.29 is 14.7 Å². The maximum absolute atomic E-state index is 11.6. The molecule has 6 nitrogen and oxygen atoms in total. The molecule has 0 saturated carbocycles. The van der Waals surface area contributed by atoms with Gasteiger partial charge in [0.15, 0.2) is 0 Å². The van der Waals surface area contributed by atoms with Gasteiger partial charge in [-0.2, -0.15) is 0 Å². The lowest BCUT2D eigenvalue weighted by atomic mass is 10.0. The van der Waals surface area contributed by atoms with Crippen LogP contribution in [0.4, 0.5) is 0 Å². The summed E-state index contributed by atoms with van der Waals surface area (Å²) >= 11 is 0. The van der Waals surface area contributed by atoms with Gasteiger partial charge in [0.25, 0.3) is 0 Å². The number of carbonyl (C=O) groups excluding carboxylic acids is 1. The smallest absolute Gasteiger partial charge is 0.320 e. The third-order valence-corrected chi connectivity index (χ3v) is 4.36. The zero-order valence-corrected chi connectivity index (χ0v) is 12.3. The Hall–Kier alpha value is -1.58. The van der Waals surface area contributed by atoms with Gasteiger partial charge in [-0.1, -0.05) is 5.92 Å². The number of hydrogen-bond acceptors (Lipinski definition) is 4. The fourth-order valence-electron chi connectivity index (χ4n) is 3.31. The number of carbonyl (C=O) groups is 2. The van der Waals surface area contributed by atoms with Crippen LogP contribution >= 0.6 is 0 Å². The van der Waals surface area contributed by atoms with Crippen molar-refractivity contribution in [3.05, 3.63) is 0 Å². The van der Waals surface area contributed by atoms with Crippen LogP contribution in [0.1, 0.15) is 25.7 Å². The van der Waals surface area contributed by atoms with Gasteiger partial charge in [0.2, 0.25) is 5.91 Å². The fraction of sp³-hybridized carbons (Fsp3) is 0.733. The van der Waals surface area contributed by atoms with E-state index in [1.165, 1.54) is 0 Å². The fourth-order valence-corrected chi connectivity index (χ4v) is 3.31. The van der Waals surface area contributed by atoms with E-state index in [-0.39, 0.29) is 18.5 Å². The molecule has 2 saturated heterocycles. The molecule has 1 atom stereocenters. The molecular formula is C15H23N3O3. The number of piperidine rings is 1. The van der Waals surface area contributed by atoms with Gasteiger partial charge in [-0.05, 0) is 32.2 Å². The molecule has 0 aromatic rings. The number of nitrogens with one attached hydrogen (secondary N) is 1. The molecule has 116 valence electrons. The first-order valence-corrected chi connectivity index (χ1v) is 7.53. The lowest BCUT2D eigenvalue weighted by molar-refractivity contribution is -0.143. The maximum atomic E-state index is 11.6. The summed E-state index contributed by atoms with van der Waals surface area (Å²) in [7, 11) is 0. The number of amides is 1. The van der Waals surface area contributed by atoms with E-state index in [2.05, 4.69) is 21.0 Å². The van der Waals surface area contributed by atoms with Gasteiger partial charge >= 0.3 is 5.97 Å². The Morgan fingerprint density at radius 3 is 2.57 bits per heavy atom. The van der Waals surface area contributed by atoms with Crippen molar-refractivity contribution in [1.82, 2.24) is 15.1 Å². The molecule has 1 amide bonds. The van der Waals surface area contributed by atoms with E-state index in [0.29, 0.717) is 12.6 Å². The molecule has 2 aliphatic heterocycles. The molecule has 6 heteroatoms. The second-order valence-corrected chi connectivity index (χ2v) is 5.72. The summed E-state index contributed by atoms with van der Waals surface area (Å²) in [5.41, 5.74) is 0. The minimum absolute atomic E-state index is 0.0454. The molecular weight excluding hydrogens is 270 g/mol. The molecule has 1 unspecified atom stereocenters. The second-order valence-electron chi connectivity index (χ2n) is 5.72. The molecule has 0 aliphatic carbocycles. The summed E-state index contributed by atoms with van der Waals surface area (Å²) in [6.45, 7) is 3.18. The van der Waals surface area contributed by atoms with Crippen molar-refractivity contribution in [3.8, 4) is 12.3 Å².